The topological polar surface area (TPSA) is 70.7 Å². The fraction of sp³-hybridized carbons (Fsp3) is 0.133. The zero-order valence-corrected chi connectivity index (χ0v) is 12.7. The van der Waals surface area contributed by atoms with Crippen molar-refractivity contribution in [3.63, 3.8) is 0 Å². The van der Waals surface area contributed by atoms with Crippen molar-refractivity contribution in [1.82, 2.24) is 20.7 Å². The van der Waals surface area contributed by atoms with Crippen LogP contribution in [0.4, 0.5) is 8.78 Å². The molecule has 1 amide bonds. The van der Waals surface area contributed by atoms with Crippen molar-refractivity contribution in [3.8, 4) is 0 Å². The van der Waals surface area contributed by atoms with Gasteiger partial charge in [0.1, 0.15) is 22.2 Å². The summed E-state index contributed by atoms with van der Waals surface area (Å²) in [6.45, 7) is 2.03. The number of carbonyl (C=O) groups excluding carboxylic acids is 1. The number of nitrogens with one attached hydrogen (secondary N) is 2. The third-order valence-electron chi connectivity index (χ3n) is 3.51. The van der Waals surface area contributed by atoms with Crippen LogP contribution in [0.2, 0.25) is 5.02 Å². The largest absolute Gasteiger partial charge is 0.348 e. The van der Waals surface area contributed by atoms with Crippen molar-refractivity contribution in [3.05, 3.63) is 57.6 Å². The summed E-state index contributed by atoms with van der Waals surface area (Å²) in [4.78, 5) is 12.1. The van der Waals surface area contributed by atoms with Gasteiger partial charge in [0.15, 0.2) is 0 Å². The van der Waals surface area contributed by atoms with Gasteiger partial charge >= 0.3 is 0 Å². The van der Waals surface area contributed by atoms with Gasteiger partial charge in [-0.1, -0.05) is 22.9 Å². The number of fused-ring (bicyclic) bond motifs is 1. The number of aromatic amines is 1. The number of aryl methyl sites for hydroxylation is 1. The molecular formula is C15H11ClF2N4O. The lowest BCUT2D eigenvalue weighted by atomic mass is 10.1. The lowest BCUT2D eigenvalue weighted by Gasteiger charge is -2.09. The summed E-state index contributed by atoms with van der Waals surface area (Å²) in [5.74, 6) is -2.57. The molecule has 5 nitrogen and oxygen atoms in total. The smallest absolute Gasteiger partial charge is 0.251 e. The Morgan fingerprint density at radius 2 is 2.00 bits per heavy atom. The van der Waals surface area contributed by atoms with Crippen molar-refractivity contribution < 1.29 is 13.6 Å². The van der Waals surface area contributed by atoms with Gasteiger partial charge in [-0.05, 0) is 30.7 Å². The number of rotatable bonds is 3. The Morgan fingerprint density at radius 3 is 2.70 bits per heavy atom. The highest BCUT2D eigenvalue weighted by Gasteiger charge is 2.15. The molecule has 0 atom stereocenters. The molecule has 118 valence electrons. The zero-order chi connectivity index (χ0) is 16.6. The van der Waals surface area contributed by atoms with E-state index in [9.17, 15) is 13.6 Å². The number of hydrogen-bond donors (Lipinski definition) is 2. The zero-order valence-electron chi connectivity index (χ0n) is 12.0. The van der Waals surface area contributed by atoms with Gasteiger partial charge in [-0.3, -0.25) is 9.89 Å². The van der Waals surface area contributed by atoms with Gasteiger partial charge in [0.05, 0.1) is 5.52 Å². The summed E-state index contributed by atoms with van der Waals surface area (Å²) in [7, 11) is 0. The molecule has 1 heterocycles. The molecule has 0 bridgehead atoms. The molecule has 8 heteroatoms. The highest BCUT2D eigenvalue weighted by Crippen LogP contribution is 2.21. The fourth-order valence-electron chi connectivity index (χ4n) is 2.25. The summed E-state index contributed by atoms with van der Waals surface area (Å²) in [6.07, 6.45) is 0. The Kier molecular flexibility index (Phi) is 3.96. The average Bonchev–Trinajstić information content (AvgIpc) is 2.99. The van der Waals surface area contributed by atoms with Crippen LogP contribution in [0, 0.1) is 18.6 Å². The number of amides is 1. The molecule has 2 N–H and O–H groups in total. The van der Waals surface area contributed by atoms with E-state index in [2.05, 4.69) is 20.7 Å². The second-order valence-corrected chi connectivity index (χ2v) is 5.38. The minimum absolute atomic E-state index is 0.144. The van der Waals surface area contributed by atoms with E-state index < -0.39 is 22.6 Å². The number of halogens is 3. The van der Waals surface area contributed by atoms with E-state index in [-0.39, 0.29) is 12.1 Å². The molecule has 0 unspecified atom stereocenters. The maximum Gasteiger partial charge on any atom is 0.251 e. The van der Waals surface area contributed by atoms with Crippen LogP contribution >= 0.6 is 11.6 Å². The molecular weight excluding hydrogens is 326 g/mol. The van der Waals surface area contributed by atoms with Crippen LogP contribution in [0.5, 0.6) is 0 Å². The first kappa shape index (κ1) is 15.4. The third kappa shape index (κ3) is 2.87. The van der Waals surface area contributed by atoms with E-state index in [4.69, 9.17) is 11.6 Å². The predicted molar refractivity (Wildman–Crippen MR) is 81.2 cm³/mol. The van der Waals surface area contributed by atoms with Crippen LogP contribution in [0.25, 0.3) is 11.0 Å². The van der Waals surface area contributed by atoms with Gasteiger partial charge in [-0.2, -0.15) is 0 Å². The quantitative estimate of drug-likeness (QED) is 0.722. The highest BCUT2D eigenvalue weighted by molar-refractivity contribution is 6.31. The molecule has 0 aliphatic rings. The Hall–Kier alpha value is -2.54. The third-order valence-corrected chi connectivity index (χ3v) is 3.87. The van der Waals surface area contributed by atoms with E-state index in [1.54, 1.807) is 0 Å². The Labute approximate surface area is 134 Å². The van der Waals surface area contributed by atoms with E-state index in [0.717, 1.165) is 28.8 Å². The molecule has 0 fully saturated rings. The van der Waals surface area contributed by atoms with E-state index in [0.29, 0.717) is 5.52 Å². The Morgan fingerprint density at radius 1 is 1.30 bits per heavy atom. The number of hydrogen-bond acceptors (Lipinski definition) is 3. The van der Waals surface area contributed by atoms with Crippen LogP contribution in [0.1, 0.15) is 21.5 Å². The van der Waals surface area contributed by atoms with Crippen molar-refractivity contribution in [2.24, 2.45) is 0 Å². The first-order valence-electron chi connectivity index (χ1n) is 6.69. The number of carbonyl (C=O) groups is 1. The molecule has 0 aliphatic carbocycles. The van der Waals surface area contributed by atoms with Crippen molar-refractivity contribution in [1.29, 1.82) is 0 Å². The van der Waals surface area contributed by atoms with Gasteiger partial charge in [0, 0.05) is 17.7 Å². The lowest BCUT2D eigenvalue weighted by molar-refractivity contribution is 0.0950. The van der Waals surface area contributed by atoms with E-state index in [1.165, 1.54) is 0 Å². The minimum atomic E-state index is -0.980. The molecule has 3 aromatic rings. The fourth-order valence-corrected chi connectivity index (χ4v) is 2.36. The number of H-pyrrole nitrogens is 1. The van der Waals surface area contributed by atoms with Crippen molar-refractivity contribution in [2.45, 2.75) is 13.5 Å². The minimum Gasteiger partial charge on any atom is -0.348 e. The summed E-state index contributed by atoms with van der Waals surface area (Å²) < 4.78 is 26.8. The summed E-state index contributed by atoms with van der Waals surface area (Å²) >= 11 is 5.40. The number of nitrogens with zero attached hydrogens (tertiary/aromatic N) is 2. The monoisotopic (exact) mass is 336 g/mol. The van der Waals surface area contributed by atoms with Crippen LogP contribution in [0.15, 0.2) is 24.3 Å². The molecule has 23 heavy (non-hydrogen) atoms. The predicted octanol–water partition coefficient (Wildman–Crippen LogP) is 3.13. The number of aromatic nitrogens is 3. The van der Waals surface area contributed by atoms with Crippen molar-refractivity contribution >= 4 is 28.5 Å². The molecule has 0 aliphatic heterocycles. The first-order valence-corrected chi connectivity index (χ1v) is 7.07. The summed E-state index contributed by atoms with van der Waals surface area (Å²) in [5.41, 5.74) is 2.93. The average molecular weight is 337 g/mol. The van der Waals surface area contributed by atoms with Gasteiger partial charge in [0.2, 0.25) is 0 Å². The SMILES string of the molecule is Cc1ccc2[nH]nnc2c1CNC(=O)c1cc(F)c(Cl)c(F)c1. The van der Waals surface area contributed by atoms with E-state index in [1.807, 2.05) is 19.1 Å². The second kappa shape index (κ2) is 5.92. The molecule has 0 radical (unpaired) electrons. The van der Waals surface area contributed by atoms with E-state index >= 15 is 0 Å². The molecule has 2 aromatic carbocycles. The van der Waals surface area contributed by atoms with Crippen LogP contribution < -0.4 is 5.32 Å². The maximum absolute atomic E-state index is 13.4. The molecule has 0 spiro atoms. The lowest BCUT2D eigenvalue weighted by Crippen LogP contribution is -2.23. The molecule has 3 rings (SSSR count). The second-order valence-electron chi connectivity index (χ2n) is 5.01. The van der Waals surface area contributed by atoms with Crippen LogP contribution in [0.3, 0.4) is 0 Å². The normalized spacial score (nSPS) is 11.0. The maximum atomic E-state index is 13.4. The Balaban J connectivity index is 1.84. The highest BCUT2D eigenvalue weighted by atomic mass is 35.5. The Bertz CT molecular complexity index is 887. The van der Waals surface area contributed by atoms with Gasteiger partial charge in [-0.25, -0.2) is 8.78 Å². The molecule has 0 saturated carbocycles. The molecule has 1 aromatic heterocycles. The van der Waals surface area contributed by atoms with Gasteiger partial charge in [0.25, 0.3) is 5.91 Å². The molecule has 0 saturated heterocycles. The number of benzene rings is 2. The summed E-state index contributed by atoms with van der Waals surface area (Å²) in [6, 6.07) is 5.49. The van der Waals surface area contributed by atoms with Crippen LogP contribution in [-0.4, -0.2) is 21.3 Å². The standard InChI is InChI=1S/C15H11ClF2N4O/c1-7-2-3-12-14(21-22-20-12)9(7)6-19-15(23)8-4-10(17)13(16)11(18)5-8/h2-5H,6H2,1H3,(H,19,23)(H,20,21,22). The van der Waals surface area contributed by atoms with Gasteiger partial charge in [-0.15, -0.1) is 5.10 Å². The van der Waals surface area contributed by atoms with Crippen LogP contribution in [-0.2, 0) is 6.54 Å². The first-order chi connectivity index (χ1) is 11.0. The summed E-state index contributed by atoms with van der Waals surface area (Å²) in [5, 5.41) is 12.4. The van der Waals surface area contributed by atoms with Crippen molar-refractivity contribution in [2.75, 3.05) is 0 Å². The van der Waals surface area contributed by atoms with Gasteiger partial charge < -0.3 is 5.32 Å².